The van der Waals surface area contributed by atoms with E-state index in [9.17, 15) is 9.90 Å². The van der Waals surface area contributed by atoms with E-state index in [2.05, 4.69) is 9.98 Å². The number of hydrogen-bond donors (Lipinski definition) is 1. The van der Waals surface area contributed by atoms with Crippen LogP contribution in [0, 0.1) is 0 Å². The standard InChI is InChI=1S/C23H19N3O2/c1-16(25-15-17-9-7-8-14-24-17)21-22(27)19-12-5-6-13-20(19)26(23(21)28)18-10-3-2-4-11-18/h2-14,27H,15H2,1H3. The summed E-state index contributed by atoms with van der Waals surface area (Å²) < 4.78 is 1.62. The van der Waals surface area contributed by atoms with Crippen LogP contribution in [0.5, 0.6) is 5.75 Å². The lowest BCUT2D eigenvalue weighted by Crippen LogP contribution is -2.25. The van der Waals surface area contributed by atoms with Gasteiger partial charge in [0.15, 0.2) is 0 Å². The predicted octanol–water partition coefficient (Wildman–Crippen LogP) is 4.10. The van der Waals surface area contributed by atoms with Crippen LogP contribution in [0.4, 0.5) is 0 Å². The van der Waals surface area contributed by atoms with Crippen molar-refractivity contribution in [2.75, 3.05) is 0 Å². The highest BCUT2D eigenvalue weighted by atomic mass is 16.3. The van der Waals surface area contributed by atoms with Crippen molar-refractivity contribution >= 4 is 16.6 Å². The molecule has 2 aromatic carbocycles. The van der Waals surface area contributed by atoms with Crippen LogP contribution in [0.2, 0.25) is 0 Å². The minimum Gasteiger partial charge on any atom is -0.506 e. The Kier molecular flexibility index (Phi) is 4.72. The van der Waals surface area contributed by atoms with Gasteiger partial charge in [-0.1, -0.05) is 36.4 Å². The van der Waals surface area contributed by atoms with Gasteiger partial charge in [0.2, 0.25) is 0 Å². The molecule has 0 spiro atoms. The van der Waals surface area contributed by atoms with Crippen LogP contribution in [0.15, 0.2) is 88.8 Å². The average molecular weight is 369 g/mol. The van der Waals surface area contributed by atoms with Gasteiger partial charge in [0.05, 0.1) is 17.8 Å². The summed E-state index contributed by atoms with van der Waals surface area (Å²) in [6.45, 7) is 2.08. The normalized spacial score (nSPS) is 11.7. The van der Waals surface area contributed by atoms with Crippen molar-refractivity contribution in [2.45, 2.75) is 13.5 Å². The molecule has 2 aromatic heterocycles. The fraction of sp³-hybridized carbons (Fsp3) is 0.0870. The molecule has 0 fully saturated rings. The maximum atomic E-state index is 13.4. The Morgan fingerprint density at radius 3 is 2.46 bits per heavy atom. The first kappa shape index (κ1) is 17.7. The number of aromatic nitrogens is 2. The van der Waals surface area contributed by atoms with Crippen LogP contribution in [0.25, 0.3) is 16.6 Å². The number of hydrogen-bond acceptors (Lipinski definition) is 4. The molecule has 5 nitrogen and oxygen atoms in total. The van der Waals surface area contributed by atoms with Gasteiger partial charge in [-0.3, -0.25) is 19.3 Å². The molecule has 28 heavy (non-hydrogen) atoms. The number of pyridine rings is 2. The topological polar surface area (TPSA) is 67.5 Å². The monoisotopic (exact) mass is 369 g/mol. The number of fused-ring (bicyclic) bond motifs is 1. The number of nitrogens with zero attached hydrogens (tertiary/aromatic N) is 3. The van der Waals surface area contributed by atoms with E-state index in [1.54, 1.807) is 23.8 Å². The molecule has 0 atom stereocenters. The maximum absolute atomic E-state index is 13.4. The Morgan fingerprint density at radius 2 is 1.71 bits per heavy atom. The number of aromatic hydroxyl groups is 1. The van der Waals surface area contributed by atoms with E-state index in [4.69, 9.17) is 0 Å². The number of aliphatic imine (C=N–C) groups is 1. The molecular formula is C23H19N3O2. The molecule has 0 saturated heterocycles. The summed E-state index contributed by atoms with van der Waals surface area (Å²) in [5.41, 5.74) is 2.57. The first-order valence-electron chi connectivity index (χ1n) is 9.00. The summed E-state index contributed by atoms with van der Waals surface area (Å²) in [7, 11) is 0. The van der Waals surface area contributed by atoms with E-state index in [-0.39, 0.29) is 16.9 Å². The summed E-state index contributed by atoms with van der Waals surface area (Å²) in [6.07, 6.45) is 1.70. The fourth-order valence-corrected chi connectivity index (χ4v) is 3.26. The van der Waals surface area contributed by atoms with Crippen molar-refractivity contribution in [1.82, 2.24) is 9.55 Å². The van der Waals surface area contributed by atoms with Gasteiger partial charge in [0, 0.05) is 23.0 Å². The third-order valence-corrected chi connectivity index (χ3v) is 4.63. The zero-order chi connectivity index (χ0) is 19.5. The minimum atomic E-state index is -0.301. The van der Waals surface area contributed by atoms with Gasteiger partial charge in [0.1, 0.15) is 11.3 Å². The van der Waals surface area contributed by atoms with Crippen LogP contribution in [-0.2, 0) is 6.54 Å². The van der Waals surface area contributed by atoms with Crippen LogP contribution in [0.3, 0.4) is 0 Å². The van der Waals surface area contributed by atoms with Crippen molar-refractivity contribution in [1.29, 1.82) is 0 Å². The van der Waals surface area contributed by atoms with Crippen LogP contribution in [-0.4, -0.2) is 20.4 Å². The molecule has 0 amide bonds. The molecule has 0 saturated carbocycles. The summed E-state index contributed by atoms with van der Waals surface area (Å²) in [5.74, 6) is -0.0462. The smallest absolute Gasteiger partial charge is 0.268 e. The Bertz CT molecular complexity index is 1210. The van der Waals surface area contributed by atoms with Gasteiger partial charge < -0.3 is 5.11 Å². The molecule has 0 unspecified atom stereocenters. The van der Waals surface area contributed by atoms with E-state index >= 15 is 0 Å². The summed E-state index contributed by atoms with van der Waals surface area (Å²) in [5, 5.41) is 11.5. The Labute approximate surface area is 162 Å². The zero-order valence-electron chi connectivity index (χ0n) is 15.4. The number of para-hydroxylation sites is 2. The zero-order valence-corrected chi connectivity index (χ0v) is 15.4. The van der Waals surface area contributed by atoms with Gasteiger partial charge >= 0.3 is 0 Å². The molecule has 0 aliphatic heterocycles. The van der Waals surface area contributed by atoms with Gasteiger partial charge in [-0.2, -0.15) is 0 Å². The van der Waals surface area contributed by atoms with Gasteiger partial charge in [-0.25, -0.2) is 0 Å². The largest absolute Gasteiger partial charge is 0.506 e. The van der Waals surface area contributed by atoms with Crippen molar-refractivity contribution in [3.8, 4) is 11.4 Å². The predicted molar refractivity (Wildman–Crippen MR) is 111 cm³/mol. The van der Waals surface area contributed by atoms with Crippen LogP contribution in [0.1, 0.15) is 18.2 Å². The lowest BCUT2D eigenvalue weighted by molar-refractivity contribution is 0.478. The highest BCUT2D eigenvalue weighted by molar-refractivity contribution is 6.05. The van der Waals surface area contributed by atoms with E-state index in [1.165, 1.54) is 0 Å². The first-order chi connectivity index (χ1) is 13.7. The number of benzene rings is 2. The molecular weight excluding hydrogens is 350 g/mol. The van der Waals surface area contributed by atoms with Crippen molar-refractivity contribution in [2.24, 2.45) is 4.99 Å². The summed E-state index contributed by atoms with van der Waals surface area (Å²) >= 11 is 0. The van der Waals surface area contributed by atoms with E-state index < -0.39 is 0 Å². The van der Waals surface area contributed by atoms with Gasteiger partial charge in [0.25, 0.3) is 5.56 Å². The van der Waals surface area contributed by atoms with Crippen molar-refractivity contribution < 1.29 is 5.11 Å². The first-order valence-corrected chi connectivity index (χ1v) is 9.00. The second-order valence-corrected chi connectivity index (χ2v) is 6.44. The van der Waals surface area contributed by atoms with E-state index in [1.807, 2.05) is 66.7 Å². The fourth-order valence-electron chi connectivity index (χ4n) is 3.26. The molecule has 0 aliphatic rings. The summed E-state index contributed by atoms with van der Waals surface area (Å²) in [4.78, 5) is 22.1. The van der Waals surface area contributed by atoms with E-state index in [0.717, 1.165) is 11.4 Å². The molecule has 5 heteroatoms. The number of rotatable bonds is 4. The maximum Gasteiger partial charge on any atom is 0.268 e. The summed E-state index contributed by atoms with van der Waals surface area (Å²) in [6, 6.07) is 22.3. The molecule has 138 valence electrons. The lowest BCUT2D eigenvalue weighted by atomic mass is 10.1. The Hall–Kier alpha value is -3.73. The minimum absolute atomic E-state index is 0.0462. The van der Waals surface area contributed by atoms with Gasteiger partial charge in [-0.15, -0.1) is 0 Å². The highest BCUT2D eigenvalue weighted by Gasteiger charge is 2.19. The average Bonchev–Trinajstić information content (AvgIpc) is 2.74. The van der Waals surface area contributed by atoms with Crippen molar-refractivity contribution in [3.63, 3.8) is 0 Å². The van der Waals surface area contributed by atoms with E-state index in [0.29, 0.717) is 23.2 Å². The third-order valence-electron chi connectivity index (χ3n) is 4.63. The molecule has 2 heterocycles. The van der Waals surface area contributed by atoms with Gasteiger partial charge in [-0.05, 0) is 43.3 Å². The second-order valence-electron chi connectivity index (χ2n) is 6.44. The SMILES string of the molecule is CC(=NCc1ccccn1)c1c(O)c2ccccc2n(-c2ccccc2)c1=O. The highest BCUT2D eigenvalue weighted by Crippen LogP contribution is 2.28. The third kappa shape index (κ3) is 3.18. The molecule has 1 N–H and O–H groups in total. The Morgan fingerprint density at radius 1 is 1.00 bits per heavy atom. The van der Waals surface area contributed by atoms with Crippen LogP contribution < -0.4 is 5.56 Å². The lowest BCUT2D eigenvalue weighted by Gasteiger charge is -2.15. The Balaban J connectivity index is 1.93. The molecule has 0 bridgehead atoms. The molecule has 4 aromatic rings. The second kappa shape index (κ2) is 7.48. The van der Waals surface area contributed by atoms with Crippen molar-refractivity contribution in [3.05, 3.63) is 101 Å². The molecule has 4 rings (SSSR count). The molecule has 0 aliphatic carbocycles. The molecule has 0 radical (unpaired) electrons. The quantitative estimate of drug-likeness (QED) is 0.551. The van der Waals surface area contributed by atoms with Crippen LogP contribution >= 0.6 is 0 Å².